The minimum atomic E-state index is -0.642. The Bertz CT molecular complexity index is 435. The van der Waals surface area contributed by atoms with Gasteiger partial charge in [-0.15, -0.1) is 0 Å². The van der Waals surface area contributed by atoms with Crippen LogP contribution >= 0.6 is 0 Å². The summed E-state index contributed by atoms with van der Waals surface area (Å²) in [6, 6.07) is 3.47. The van der Waals surface area contributed by atoms with Crippen LogP contribution < -0.4 is 16.4 Å². The lowest BCUT2D eigenvalue weighted by molar-refractivity contribution is 0.0953. The molecule has 92 valence electrons. The van der Waals surface area contributed by atoms with Crippen LogP contribution in [0.5, 0.6) is 0 Å². The summed E-state index contributed by atoms with van der Waals surface area (Å²) in [5.74, 6) is -0.670. The molecule has 0 aromatic heterocycles. The summed E-state index contributed by atoms with van der Waals surface area (Å²) in [6.07, 6.45) is 0. The number of nitrogens with two attached hydrogens (primary N) is 1. The highest BCUT2D eigenvalue weighted by molar-refractivity contribution is 5.94. The van der Waals surface area contributed by atoms with E-state index >= 15 is 0 Å². The number of benzene rings is 1. The van der Waals surface area contributed by atoms with Crippen LogP contribution in [0.25, 0.3) is 0 Å². The van der Waals surface area contributed by atoms with Gasteiger partial charge in [-0.05, 0) is 30.7 Å². The number of primary amides is 1. The zero-order chi connectivity index (χ0) is 12.8. The van der Waals surface area contributed by atoms with Gasteiger partial charge in [-0.2, -0.15) is 0 Å². The fourth-order valence-corrected chi connectivity index (χ4v) is 1.25. The van der Waals surface area contributed by atoms with E-state index in [0.29, 0.717) is 11.1 Å². The second-order valence-corrected chi connectivity index (χ2v) is 3.51. The Morgan fingerprint density at radius 1 is 1.29 bits per heavy atom. The van der Waals surface area contributed by atoms with E-state index in [0.717, 1.165) is 0 Å². The van der Waals surface area contributed by atoms with Crippen LogP contribution in [0.15, 0.2) is 18.2 Å². The minimum Gasteiger partial charge on any atom is -0.352 e. The van der Waals surface area contributed by atoms with E-state index in [1.807, 2.05) is 0 Å². The second kappa shape index (κ2) is 5.83. The molecule has 0 saturated carbocycles. The Labute approximate surface area is 98.2 Å². The van der Waals surface area contributed by atoms with Crippen LogP contribution in [0.1, 0.15) is 15.9 Å². The molecule has 0 aliphatic rings. The highest BCUT2D eigenvalue weighted by Gasteiger charge is 2.06. The molecule has 0 aliphatic heterocycles. The lowest BCUT2D eigenvalue weighted by Crippen LogP contribution is -2.37. The van der Waals surface area contributed by atoms with Gasteiger partial charge in [-0.3, -0.25) is 4.79 Å². The molecule has 4 N–H and O–H groups in total. The summed E-state index contributed by atoms with van der Waals surface area (Å²) >= 11 is 0. The van der Waals surface area contributed by atoms with Crippen molar-refractivity contribution in [3.05, 3.63) is 35.1 Å². The molecule has 17 heavy (non-hydrogen) atoms. The fraction of sp³-hybridized carbons (Fsp3) is 0.273. The number of amides is 3. The van der Waals surface area contributed by atoms with Crippen LogP contribution in [0.3, 0.4) is 0 Å². The summed E-state index contributed by atoms with van der Waals surface area (Å²) < 4.78 is 13.0. The van der Waals surface area contributed by atoms with Gasteiger partial charge in [0.2, 0.25) is 0 Å². The summed E-state index contributed by atoms with van der Waals surface area (Å²) in [6.45, 7) is 2.10. The highest BCUT2D eigenvalue weighted by atomic mass is 19.1. The SMILES string of the molecule is Cc1cc(C(=O)NCCNC(N)=O)ccc1F. The lowest BCUT2D eigenvalue weighted by atomic mass is 10.1. The van der Waals surface area contributed by atoms with Crippen molar-refractivity contribution in [3.63, 3.8) is 0 Å². The van der Waals surface area contributed by atoms with Crippen LogP contribution in [-0.2, 0) is 0 Å². The molecule has 0 heterocycles. The van der Waals surface area contributed by atoms with E-state index in [1.54, 1.807) is 6.92 Å². The third-order valence-electron chi connectivity index (χ3n) is 2.13. The number of nitrogens with one attached hydrogen (secondary N) is 2. The van der Waals surface area contributed by atoms with Gasteiger partial charge in [-0.1, -0.05) is 0 Å². The summed E-state index contributed by atoms with van der Waals surface area (Å²) in [7, 11) is 0. The molecule has 1 aromatic carbocycles. The number of aryl methyl sites for hydroxylation is 1. The number of hydrogen-bond donors (Lipinski definition) is 3. The first-order valence-corrected chi connectivity index (χ1v) is 5.08. The molecule has 0 atom stereocenters. The molecule has 0 aliphatic carbocycles. The number of halogens is 1. The number of hydrogen-bond acceptors (Lipinski definition) is 2. The highest BCUT2D eigenvalue weighted by Crippen LogP contribution is 2.08. The molecule has 0 unspecified atom stereocenters. The molecular formula is C11H14FN3O2. The Balaban J connectivity index is 2.47. The standard InChI is InChI=1S/C11H14FN3O2/c1-7-6-8(2-3-9(7)12)10(16)14-4-5-15-11(13)17/h2-3,6H,4-5H2,1H3,(H,14,16)(H3,13,15,17). The van der Waals surface area contributed by atoms with Gasteiger partial charge in [0.15, 0.2) is 0 Å². The molecule has 0 bridgehead atoms. The average Bonchev–Trinajstić information content (AvgIpc) is 2.27. The van der Waals surface area contributed by atoms with Crippen molar-refractivity contribution in [2.24, 2.45) is 5.73 Å². The summed E-state index contributed by atoms with van der Waals surface area (Å²) in [5, 5.41) is 4.91. The van der Waals surface area contributed by atoms with Crippen molar-refractivity contribution in [3.8, 4) is 0 Å². The van der Waals surface area contributed by atoms with Crippen molar-refractivity contribution in [1.82, 2.24) is 10.6 Å². The van der Waals surface area contributed by atoms with E-state index in [4.69, 9.17) is 5.73 Å². The number of carbonyl (C=O) groups excluding carboxylic acids is 2. The Kier molecular flexibility index (Phi) is 4.45. The van der Waals surface area contributed by atoms with Gasteiger partial charge < -0.3 is 16.4 Å². The van der Waals surface area contributed by atoms with E-state index in [2.05, 4.69) is 10.6 Å². The molecule has 3 amide bonds. The van der Waals surface area contributed by atoms with Crippen molar-refractivity contribution < 1.29 is 14.0 Å². The van der Waals surface area contributed by atoms with Crippen LogP contribution in [0, 0.1) is 12.7 Å². The van der Waals surface area contributed by atoms with Crippen molar-refractivity contribution in [2.45, 2.75) is 6.92 Å². The first-order chi connectivity index (χ1) is 8.00. The van der Waals surface area contributed by atoms with Crippen molar-refractivity contribution in [1.29, 1.82) is 0 Å². The van der Waals surface area contributed by atoms with Gasteiger partial charge in [0.25, 0.3) is 5.91 Å². The predicted octanol–water partition coefficient (Wildman–Crippen LogP) is 0.532. The van der Waals surface area contributed by atoms with Crippen molar-refractivity contribution >= 4 is 11.9 Å². The third kappa shape index (κ3) is 4.10. The molecule has 0 radical (unpaired) electrons. The summed E-state index contributed by atoms with van der Waals surface area (Å²) in [4.78, 5) is 21.9. The minimum absolute atomic E-state index is 0.251. The average molecular weight is 239 g/mol. The quantitative estimate of drug-likeness (QED) is 0.670. The molecular weight excluding hydrogens is 225 g/mol. The third-order valence-corrected chi connectivity index (χ3v) is 2.13. The first kappa shape index (κ1) is 13.0. The smallest absolute Gasteiger partial charge is 0.312 e. The zero-order valence-corrected chi connectivity index (χ0v) is 9.42. The van der Waals surface area contributed by atoms with Crippen LogP contribution in [0.2, 0.25) is 0 Å². The van der Waals surface area contributed by atoms with Gasteiger partial charge >= 0.3 is 6.03 Å². The maximum absolute atomic E-state index is 13.0. The second-order valence-electron chi connectivity index (χ2n) is 3.51. The lowest BCUT2D eigenvalue weighted by Gasteiger charge is -2.06. The van der Waals surface area contributed by atoms with Crippen molar-refractivity contribution in [2.75, 3.05) is 13.1 Å². The Morgan fingerprint density at radius 2 is 1.94 bits per heavy atom. The van der Waals surface area contributed by atoms with Gasteiger partial charge in [0.1, 0.15) is 5.82 Å². The van der Waals surface area contributed by atoms with Gasteiger partial charge in [0, 0.05) is 18.7 Å². The molecule has 0 spiro atoms. The normalized spacial score (nSPS) is 9.76. The fourth-order valence-electron chi connectivity index (χ4n) is 1.25. The van der Waals surface area contributed by atoms with E-state index in [9.17, 15) is 14.0 Å². The van der Waals surface area contributed by atoms with E-state index in [1.165, 1.54) is 18.2 Å². The molecule has 1 rings (SSSR count). The molecule has 6 heteroatoms. The predicted molar refractivity (Wildman–Crippen MR) is 61.1 cm³/mol. The van der Waals surface area contributed by atoms with Gasteiger partial charge in [-0.25, -0.2) is 9.18 Å². The van der Waals surface area contributed by atoms with Crippen LogP contribution in [-0.4, -0.2) is 25.0 Å². The molecule has 5 nitrogen and oxygen atoms in total. The van der Waals surface area contributed by atoms with Gasteiger partial charge in [0.05, 0.1) is 0 Å². The molecule has 0 fully saturated rings. The maximum Gasteiger partial charge on any atom is 0.312 e. The summed E-state index contributed by atoms with van der Waals surface area (Å²) in [5.41, 5.74) is 5.64. The number of urea groups is 1. The Morgan fingerprint density at radius 3 is 2.53 bits per heavy atom. The van der Waals surface area contributed by atoms with Crippen LogP contribution in [0.4, 0.5) is 9.18 Å². The zero-order valence-electron chi connectivity index (χ0n) is 9.42. The largest absolute Gasteiger partial charge is 0.352 e. The first-order valence-electron chi connectivity index (χ1n) is 5.08. The maximum atomic E-state index is 13.0. The topological polar surface area (TPSA) is 84.2 Å². The molecule has 1 aromatic rings. The number of carbonyl (C=O) groups is 2. The Hall–Kier alpha value is -2.11. The van der Waals surface area contributed by atoms with E-state index in [-0.39, 0.29) is 24.8 Å². The van der Waals surface area contributed by atoms with E-state index < -0.39 is 6.03 Å². The number of rotatable bonds is 4. The molecule has 0 saturated heterocycles. The monoisotopic (exact) mass is 239 g/mol.